The third-order valence-electron chi connectivity index (χ3n) is 4.16. The highest BCUT2D eigenvalue weighted by atomic mass is 32.1. The smallest absolute Gasteiger partial charge is 0.227 e. The highest BCUT2D eigenvalue weighted by Crippen LogP contribution is 2.26. The Morgan fingerprint density at radius 3 is 2.87 bits per heavy atom. The van der Waals surface area contributed by atoms with Crippen molar-refractivity contribution in [2.24, 2.45) is 5.41 Å². The molecule has 2 heterocycles. The molecule has 0 aliphatic carbocycles. The lowest BCUT2D eigenvalue weighted by molar-refractivity contribution is -0.140. The first-order chi connectivity index (χ1) is 10.8. The summed E-state index contributed by atoms with van der Waals surface area (Å²) in [5.74, 6) is 1.04. The second-order valence-corrected chi connectivity index (χ2v) is 7.87. The minimum absolute atomic E-state index is 0.197. The van der Waals surface area contributed by atoms with Gasteiger partial charge in [0.15, 0.2) is 0 Å². The lowest BCUT2D eigenvalue weighted by atomic mass is 9.93. The van der Waals surface area contributed by atoms with Crippen LogP contribution in [0, 0.1) is 5.41 Å². The Kier molecular flexibility index (Phi) is 5.97. The highest BCUT2D eigenvalue weighted by molar-refractivity contribution is 7.09. The molecule has 0 bridgehead atoms. The molecule has 0 N–H and O–H groups in total. The van der Waals surface area contributed by atoms with Gasteiger partial charge in [-0.05, 0) is 12.8 Å². The summed E-state index contributed by atoms with van der Waals surface area (Å²) in [4.78, 5) is 21.3. The van der Waals surface area contributed by atoms with Crippen LogP contribution in [0.2, 0.25) is 0 Å². The number of methoxy groups -OCH3 is 1. The summed E-state index contributed by atoms with van der Waals surface area (Å²) in [6.07, 6.45) is 2.86. The van der Waals surface area contributed by atoms with Crippen molar-refractivity contribution in [1.29, 1.82) is 0 Å². The molecule has 1 saturated heterocycles. The van der Waals surface area contributed by atoms with Crippen LogP contribution in [0.25, 0.3) is 0 Å². The lowest BCUT2D eigenvalue weighted by Gasteiger charge is -2.39. The van der Waals surface area contributed by atoms with Gasteiger partial charge >= 0.3 is 0 Å². The first-order valence-corrected chi connectivity index (χ1v) is 8.94. The molecule has 130 valence electrons. The Morgan fingerprint density at radius 1 is 1.48 bits per heavy atom. The van der Waals surface area contributed by atoms with Crippen LogP contribution in [-0.4, -0.2) is 60.1 Å². The van der Waals surface area contributed by atoms with Gasteiger partial charge in [0.2, 0.25) is 11.0 Å². The molecule has 1 aliphatic heterocycles. The molecule has 2 rings (SSSR count). The Bertz CT molecular complexity index is 526. The lowest BCUT2D eigenvalue weighted by Crippen LogP contribution is -2.51. The summed E-state index contributed by atoms with van der Waals surface area (Å²) in [6.45, 7) is 8.36. The number of ether oxygens (including phenoxy) is 1. The predicted octanol–water partition coefficient (Wildman–Crippen LogP) is 2.20. The van der Waals surface area contributed by atoms with E-state index in [9.17, 15) is 4.79 Å². The van der Waals surface area contributed by atoms with Gasteiger partial charge in [0.1, 0.15) is 5.82 Å². The number of rotatable bonds is 5. The topological polar surface area (TPSA) is 58.6 Å². The van der Waals surface area contributed by atoms with Crippen LogP contribution in [0.5, 0.6) is 0 Å². The molecule has 1 aromatic heterocycles. The zero-order valence-electron chi connectivity index (χ0n) is 14.8. The number of piperidine rings is 1. The maximum absolute atomic E-state index is 12.5. The summed E-state index contributed by atoms with van der Waals surface area (Å²) in [6, 6.07) is 0.238. The van der Waals surface area contributed by atoms with Crippen molar-refractivity contribution in [3.8, 4) is 0 Å². The summed E-state index contributed by atoms with van der Waals surface area (Å²) < 4.78 is 9.48. The number of aromatic nitrogens is 2. The fourth-order valence-corrected chi connectivity index (χ4v) is 3.55. The van der Waals surface area contributed by atoms with E-state index in [0.29, 0.717) is 6.61 Å². The molecule has 1 aromatic rings. The van der Waals surface area contributed by atoms with Gasteiger partial charge in [-0.3, -0.25) is 4.79 Å². The van der Waals surface area contributed by atoms with Crippen LogP contribution in [0.15, 0.2) is 0 Å². The van der Waals surface area contributed by atoms with Crippen LogP contribution in [0.4, 0.5) is 5.13 Å². The van der Waals surface area contributed by atoms with Gasteiger partial charge in [0.05, 0.1) is 6.61 Å². The number of carbonyl (C=O) groups excluding carboxylic acids is 1. The predicted molar refractivity (Wildman–Crippen MR) is 92.9 cm³/mol. The van der Waals surface area contributed by atoms with Crippen molar-refractivity contribution in [3.05, 3.63) is 5.82 Å². The minimum atomic E-state index is -0.340. The van der Waals surface area contributed by atoms with E-state index in [4.69, 9.17) is 4.74 Å². The molecule has 6 nitrogen and oxygen atoms in total. The van der Waals surface area contributed by atoms with Gasteiger partial charge < -0.3 is 14.5 Å². The molecule has 1 atom stereocenters. The molecule has 23 heavy (non-hydrogen) atoms. The second-order valence-electron chi connectivity index (χ2n) is 7.14. The number of hydrogen-bond donors (Lipinski definition) is 0. The normalized spacial score (nSPS) is 19.0. The van der Waals surface area contributed by atoms with Gasteiger partial charge in [0, 0.05) is 56.7 Å². The van der Waals surface area contributed by atoms with E-state index in [-0.39, 0.29) is 17.4 Å². The van der Waals surface area contributed by atoms with Gasteiger partial charge in [0.25, 0.3) is 0 Å². The zero-order chi connectivity index (χ0) is 17.0. The molecule has 0 spiro atoms. The van der Waals surface area contributed by atoms with Gasteiger partial charge in [-0.25, -0.2) is 4.98 Å². The molecule has 0 radical (unpaired) electrons. The fraction of sp³-hybridized carbons (Fsp3) is 0.812. The van der Waals surface area contributed by atoms with Crippen molar-refractivity contribution >= 4 is 22.6 Å². The quantitative estimate of drug-likeness (QED) is 0.822. The molecule has 1 unspecified atom stereocenters. The molecule has 0 saturated carbocycles. The van der Waals surface area contributed by atoms with Crippen molar-refractivity contribution in [3.63, 3.8) is 0 Å². The van der Waals surface area contributed by atoms with Crippen molar-refractivity contribution in [1.82, 2.24) is 14.3 Å². The third kappa shape index (κ3) is 4.64. The third-order valence-corrected chi connectivity index (χ3v) is 4.98. The number of nitrogens with zero attached hydrogens (tertiary/aromatic N) is 4. The highest BCUT2D eigenvalue weighted by Gasteiger charge is 2.32. The Labute approximate surface area is 143 Å². The van der Waals surface area contributed by atoms with E-state index >= 15 is 0 Å². The maximum atomic E-state index is 12.5. The number of hydrogen-bond acceptors (Lipinski definition) is 6. The molecule has 7 heteroatoms. The van der Waals surface area contributed by atoms with Gasteiger partial charge in [-0.2, -0.15) is 4.37 Å². The fourth-order valence-electron chi connectivity index (χ4n) is 2.81. The number of likely N-dealkylation sites (N-methyl/N-ethyl adjacent to an activating group) is 1. The average molecular weight is 340 g/mol. The zero-order valence-corrected chi connectivity index (χ0v) is 15.7. The molecule has 1 fully saturated rings. The summed E-state index contributed by atoms with van der Waals surface area (Å²) in [5.41, 5.74) is -0.340. The van der Waals surface area contributed by atoms with E-state index in [1.807, 2.05) is 32.7 Å². The van der Waals surface area contributed by atoms with E-state index in [1.54, 1.807) is 7.11 Å². The van der Waals surface area contributed by atoms with Crippen LogP contribution in [0.3, 0.4) is 0 Å². The molecular formula is C16H28N4O2S. The number of amides is 1. The van der Waals surface area contributed by atoms with Crippen LogP contribution < -0.4 is 4.90 Å². The standard InChI is InChI=1S/C16H28N4O2S/c1-16(2,3)14(21)19(4)12-7-6-9-20(11-12)15-17-13(18-23-15)8-10-22-5/h12H,6-11H2,1-5H3. The Hall–Kier alpha value is -1.21. The van der Waals surface area contributed by atoms with Crippen molar-refractivity contribution < 1.29 is 9.53 Å². The maximum Gasteiger partial charge on any atom is 0.227 e. The molecule has 1 amide bonds. The summed E-state index contributed by atoms with van der Waals surface area (Å²) in [5, 5.41) is 0.956. The van der Waals surface area contributed by atoms with E-state index in [1.165, 1.54) is 11.5 Å². The van der Waals surface area contributed by atoms with Crippen LogP contribution in [0.1, 0.15) is 39.4 Å². The largest absolute Gasteiger partial charge is 0.384 e. The Balaban J connectivity index is 2.00. The first kappa shape index (κ1) is 18.1. The summed E-state index contributed by atoms with van der Waals surface area (Å²) >= 11 is 1.44. The molecular weight excluding hydrogens is 312 g/mol. The minimum Gasteiger partial charge on any atom is -0.384 e. The van der Waals surface area contributed by atoms with Crippen LogP contribution in [-0.2, 0) is 16.0 Å². The van der Waals surface area contributed by atoms with Gasteiger partial charge in [-0.1, -0.05) is 20.8 Å². The second kappa shape index (κ2) is 7.57. The first-order valence-electron chi connectivity index (χ1n) is 8.16. The SMILES string of the molecule is COCCc1nsc(N2CCCC(N(C)C(=O)C(C)(C)C)C2)n1. The monoisotopic (exact) mass is 340 g/mol. The molecule has 1 aliphatic rings. The van der Waals surface area contributed by atoms with E-state index in [2.05, 4.69) is 14.3 Å². The average Bonchev–Trinajstić information content (AvgIpc) is 2.99. The van der Waals surface area contributed by atoms with Crippen LogP contribution >= 0.6 is 11.5 Å². The molecule has 0 aromatic carbocycles. The van der Waals surface area contributed by atoms with Crippen molar-refractivity contribution in [2.45, 2.75) is 46.1 Å². The van der Waals surface area contributed by atoms with Crippen molar-refractivity contribution in [2.75, 3.05) is 38.8 Å². The van der Waals surface area contributed by atoms with E-state index in [0.717, 1.165) is 43.3 Å². The number of carbonyl (C=O) groups is 1. The Morgan fingerprint density at radius 2 is 2.22 bits per heavy atom. The van der Waals surface area contributed by atoms with Gasteiger partial charge in [-0.15, -0.1) is 0 Å². The number of anilines is 1. The summed E-state index contributed by atoms with van der Waals surface area (Å²) in [7, 11) is 3.61. The van der Waals surface area contributed by atoms with E-state index < -0.39 is 0 Å².